The van der Waals surface area contributed by atoms with Crippen LogP contribution in [0, 0.1) is 0 Å². The summed E-state index contributed by atoms with van der Waals surface area (Å²) in [6.07, 6.45) is 1.94. The maximum atomic E-state index is 4.44. The number of hydrogen-bond acceptors (Lipinski definition) is 3. The summed E-state index contributed by atoms with van der Waals surface area (Å²) in [4.78, 5) is 5.65. The first-order valence-corrected chi connectivity index (χ1v) is 6.67. The first kappa shape index (κ1) is 9.75. The Morgan fingerprint density at radius 3 is 2.69 bits per heavy atom. The average molecular weight is 243 g/mol. The second-order valence-electron chi connectivity index (χ2n) is 3.39. The molecule has 0 fully saturated rings. The van der Waals surface area contributed by atoms with E-state index in [1.54, 1.807) is 22.7 Å². The van der Waals surface area contributed by atoms with Gasteiger partial charge in [0, 0.05) is 20.5 Å². The summed E-state index contributed by atoms with van der Waals surface area (Å²) >= 11 is 3.56. The van der Waals surface area contributed by atoms with E-state index in [2.05, 4.69) is 22.5 Å². The monoisotopic (exact) mass is 243 g/mol. The Morgan fingerprint density at radius 1 is 1.00 bits per heavy atom. The van der Waals surface area contributed by atoms with E-state index in [4.69, 9.17) is 0 Å². The molecule has 0 atom stereocenters. The van der Waals surface area contributed by atoms with Crippen LogP contribution in [0.5, 0.6) is 0 Å². The minimum atomic E-state index is 0.999. The van der Waals surface area contributed by atoms with E-state index in [-0.39, 0.29) is 0 Å². The zero-order valence-corrected chi connectivity index (χ0v) is 10.1. The third-order valence-corrected chi connectivity index (χ3v) is 4.28. The maximum absolute atomic E-state index is 4.44. The smallest absolute Gasteiger partial charge is 0.0630 e. The van der Waals surface area contributed by atoms with Gasteiger partial charge in [0.25, 0.3) is 0 Å². The normalized spacial score (nSPS) is 11.5. The summed E-state index contributed by atoms with van der Waals surface area (Å²) in [6.45, 7) is 0. The van der Waals surface area contributed by atoms with Gasteiger partial charge >= 0.3 is 0 Å². The highest BCUT2D eigenvalue weighted by molar-refractivity contribution is 7.27. The third kappa shape index (κ3) is 1.92. The fourth-order valence-corrected chi connectivity index (χ4v) is 3.49. The molecule has 2 aromatic heterocycles. The summed E-state index contributed by atoms with van der Waals surface area (Å²) in [5, 5.41) is 2.12. The van der Waals surface area contributed by atoms with E-state index in [0.29, 0.717) is 0 Å². The number of para-hydroxylation sites is 1. The Hall–Kier alpha value is -1.45. The highest BCUT2D eigenvalue weighted by atomic mass is 32.1. The first-order valence-electron chi connectivity index (χ1n) is 4.98. The number of hydrogen-bond donors (Lipinski definition) is 0. The van der Waals surface area contributed by atoms with Crippen LogP contribution >= 0.6 is 22.7 Å². The standard InChI is InChI=1S/C13H9NS2/c1-2-4-10(5-3-1)14-9-11-8-13-12(16-11)6-7-15-13/h1-9H. The lowest BCUT2D eigenvalue weighted by atomic mass is 10.3. The quantitative estimate of drug-likeness (QED) is 0.578. The van der Waals surface area contributed by atoms with Crippen molar-refractivity contribution in [1.29, 1.82) is 0 Å². The summed E-state index contributed by atoms with van der Waals surface area (Å²) in [6, 6.07) is 14.4. The van der Waals surface area contributed by atoms with Gasteiger partial charge in [0.05, 0.1) is 5.69 Å². The Balaban J connectivity index is 1.90. The van der Waals surface area contributed by atoms with Crippen molar-refractivity contribution in [3.63, 3.8) is 0 Å². The van der Waals surface area contributed by atoms with E-state index in [0.717, 1.165) is 5.69 Å². The predicted octanol–water partition coefficient (Wildman–Crippen LogP) is 4.71. The first-order chi connectivity index (χ1) is 7.92. The van der Waals surface area contributed by atoms with Crippen molar-refractivity contribution < 1.29 is 0 Å². The largest absolute Gasteiger partial charge is 0.255 e. The average Bonchev–Trinajstić information content (AvgIpc) is 2.88. The van der Waals surface area contributed by atoms with Crippen molar-refractivity contribution in [3.8, 4) is 0 Å². The Morgan fingerprint density at radius 2 is 1.88 bits per heavy atom. The van der Waals surface area contributed by atoms with Crippen LogP contribution in [0.2, 0.25) is 0 Å². The molecule has 2 heterocycles. The molecule has 0 aliphatic heterocycles. The Bertz CT molecular complexity index is 591. The molecule has 0 aliphatic rings. The van der Waals surface area contributed by atoms with Gasteiger partial charge in [-0.2, -0.15) is 0 Å². The molecule has 3 heteroatoms. The second-order valence-corrected chi connectivity index (χ2v) is 5.45. The summed E-state index contributed by atoms with van der Waals surface area (Å²) in [5.74, 6) is 0. The van der Waals surface area contributed by atoms with Gasteiger partial charge in [0.2, 0.25) is 0 Å². The van der Waals surface area contributed by atoms with Crippen molar-refractivity contribution in [3.05, 3.63) is 52.7 Å². The van der Waals surface area contributed by atoms with Crippen LogP contribution in [-0.2, 0) is 0 Å². The predicted molar refractivity (Wildman–Crippen MR) is 73.4 cm³/mol. The van der Waals surface area contributed by atoms with E-state index in [9.17, 15) is 0 Å². The van der Waals surface area contributed by atoms with E-state index < -0.39 is 0 Å². The van der Waals surface area contributed by atoms with Gasteiger partial charge in [0.15, 0.2) is 0 Å². The van der Waals surface area contributed by atoms with Crippen molar-refractivity contribution in [2.45, 2.75) is 0 Å². The van der Waals surface area contributed by atoms with Gasteiger partial charge in [-0.1, -0.05) is 18.2 Å². The Kier molecular flexibility index (Phi) is 2.56. The van der Waals surface area contributed by atoms with Gasteiger partial charge in [-0.25, -0.2) is 0 Å². The highest BCUT2D eigenvalue weighted by Gasteiger charge is 1.99. The minimum Gasteiger partial charge on any atom is -0.255 e. The molecule has 0 bridgehead atoms. The number of aliphatic imine (C=N–C) groups is 1. The zero-order chi connectivity index (χ0) is 10.8. The number of thiophene rings is 2. The van der Waals surface area contributed by atoms with Crippen LogP contribution in [0.3, 0.4) is 0 Å². The van der Waals surface area contributed by atoms with Crippen LogP contribution < -0.4 is 0 Å². The number of rotatable bonds is 2. The van der Waals surface area contributed by atoms with E-state index in [1.165, 1.54) is 14.3 Å². The van der Waals surface area contributed by atoms with Crippen LogP contribution in [0.4, 0.5) is 5.69 Å². The Labute approximate surface area is 102 Å². The van der Waals surface area contributed by atoms with Crippen LogP contribution in [0.1, 0.15) is 4.88 Å². The lowest BCUT2D eigenvalue weighted by Gasteiger charge is -1.89. The molecule has 0 unspecified atom stereocenters. The van der Waals surface area contributed by atoms with E-state index in [1.807, 2.05) is 36.5 Å². The summed E-state index contributed by atoms with van der Waals surface area (Å²) in [5.41, 5.74) is 0.999. The zero-order valence-electron chi connectivity index (χ0n) is 8.46. The van der Waals surface area contributed by atoms with Gasteiger partial charge in [0.1, 0.15) is 0 Å². The number of fused-ring (bicyclic) bond motifs is 1. The second kappa shape index (κ2) is 4.20. The summed E-state index contributed by atoms with van der Waals surface area (Å²) in [7, 11) is 0. The molecule has 0 aliphatic carbocycles. The van der Waals surface area contributed by atoms with Crippen molar-refractivity contribution >= 4 is 44.0 Å². The lowest BCUT2D eigenvalue weighted by molar-refractivity contribution is 1.54. The molecule has 0 amide bonds. The fourth-order valence-electron chi connectivity index (χ4n) is 1.50. The number of benzene rings is 1. The fraction of sp³-hybridized carbons (Fsp3) is 0. The molecule has 78 valence electrons. The molecule has 0 saturated carbocycles. The van der Waals surface area contributed by atoms with E-state index >= 15 is 0 Å². The van der Waals surface area contributed by atoms with Gasteiger partial charge in [-0.15, -0.1) is 22.7 Å². The maximum Gasteiger partial charge on any atom is 0.0630 e. The molecule has 3 aromatic rings. The topological polar surface area (TPSA) is 12.4 Å². The van der Waals surface area contributed by atoms with Crippen LogP contribution in [0.25, 0.3) is 9.40 Å². The summed E-state index contributed by atoms with van der Waals surface area (Å²) < 4.78 is 2.69. The SMILES string of the molecule is C(=Nc1ccccc1)c1cc2sccc2s1. The molecule has 16 heavy (non-hydrogen) atoms. The molecule has 1 nitrogen and oxygen atoms in total. The highest BCUT2D eigenvalue weighted by Crippen LogP contribution is 2.29. The molecule has 0 N–H and O–H groups in total. The lowest BCUT2D eigenvalue weighted by Crippen LogP contribution is -1.70. The molecule has 1 aromatic carbocycles. The van der Waals surface area contributed by atoms with Gasteiger partial charge in [-0.05, 0) is 29.6 Å². The molecule has 0 spiro atoms. The molecule has 0 radical (unpaired) electrons. The van der Waals surface area contributed by atoms with Gasteiger partial charge in [-0.3, -0.25) is 4.99 Å². The molecular weight excluding hydrogens is 234 g/mol. The number of nitrogens with zero attached hydrogens (tertiary/aromatic N) is 1. The van der Waals surface area contributed by atoms with Gasteiger partial charge < -0.3 is 0 Å². The van der Waals surface area contributed by atoms with Crippen molar-refractivity contribution in [1.82, 2.24) is 0 Å². The third-order valence-electron chi connectivity index (χ3n) is 2.26. The molecular formula is C13H9NS2. The molecule has 3 rings (SSSR count). The van der Waals surface area contributed by atoms with Crippen molar-refractivity contribution in [2.75, 3.05) is 0 Å². The molecule has 0 saturated heterocycles. The van der Waals surface area contributed by atoms with Crippen LogP contribution in [-0.4, -0.2) is 6.21 Å². The van der Waals surface area contributed by atoms with Crippen molar-refractivity contribution in [2.24, 2.45) is 4.99 Å². The van der Waals surface area contributed by atoms with Crippen LogP contribution in [0.15, 0.2) is 52.8 Å². The minimum absolute atomic E-state index is 0.999.